The van der Waals surface area contributed by atoms with E-state index in [1.165, 1.54) is 4.31 Å². The first-order valence-corrected chi connectivity index (χ1v) is 8.65. The Morgan fingerprint density at radius 1 is 1.20 bits per heavy atom. The molecule has 0 radical (unpaired) electrons. The summed E-state index contributed by atoms with van der Waals surface area (Å²) in [5.74, 6) is 0.0786. The van der Waals surface area contributed by atoms with Crippen LogP contribution in [0, 0.1) is 11.3 Å². The zero-order chi connectivity index (χ0) is 14.4. The summed E-state index contributed by atoms with van der Waals surface area (Å²) in [5.41, 5.74) is 1.01. The minimum atomic E-state index is -3.36. The van der Waals surface area contributed by atoms with Gasteiger partial charge in [-0.25, -0.2) is 8.42 Å². The minimum absolute atomic E-state index is 0.0235. The molecule has 0 aliphatic heterocycles. The van der Waals surface area contributed by atoms with Crippen molar-refractivity contribution in [1.82, 2.24) is 4.31 Å². The highest BCUT2D eigenvalue weighted by molar-refractivity contribution is 7.89. The number of nitriles is 1. The van der Waals surface area contributed by atoms with Crippen LogP contribution >= 0.6 is 0 Å². The van der Waals surface area contributed by atoms with Crippen LogP contribution in [0.1, 0.15) is 31.2 Å². The Labute approximate surface area is 121 Å². The number of aryl methyl sites for hydroxylation is 1. The Kier molecular flexibility index (Phi) is 5.16. The van der Waals surface area contributed by atoms with Gasteiger partial charge in [-0.15, -0.1) is 0 Å². The van der Waals surface area contributed by atoms with Crippen LogP contribution in [0.2, 0.25) is 0 Å². The van der Waals surface area contributed by atoms with Crippen molar-refractivity contribution >= 4 is 10.0 Å². The first-order chi connectivity index (χ1) is 9.63. The van der Waals surface area contributed by atoms with Gasteiger partial charge in [0.15, 0.2) is 0 Å². The molecule has 20 heavy (non-hydrogen) atoms. The van der Waals surface area contributed by atoms with Crippen molar-refractivity contribution in [3.05, 3.63) is 35.9 Å². The highest BCUT2D eigenvalue weighted by atomic mass is 32.2. The normalized spacial score (nSPS) is 16.4. The fraction of sp³-hybridized carbons (Fsp3) is 0.533. The summed E-state index contributed by atoms with van der Waals surface area (Å²) in [6.07, 6.45) is 4.37. The molecule has 0 heterocycles. The summed E-state index contributed by atoms with van der Waals surface area (Å²) in [6.45, 7) is -0.0260. The molecule has 0 bridgehead atoms. The highest BCUT2D eigenvalue weighted by Crippen LogP contribution is 2.25. The summed E-state index contributed by atoms with van der Waals surface area (Å²) < 4.78 is 26.3. The van der Waals surface area contributed by atoms with Crippen molar-refractivity contribution in [2.75, 3.05) is 12.3 Å². The summed E-state index contributed by atoms with van der Waals surface area (Å²) >= 11 is 0. The number of hydrogen-bond acceptors (Lipinski definition) is 3. The highest BCUT2D eigenvalue weighted by Gasteiger charge is 2.31. The zero-order valence-corrected chi connectivity index (χ0v) is 12.3. The second-order valence-electron chi connectivity index (χ2n) is 5.19. The van der Waals surface area contributed by atoms with Crippen molar-refractivity contribution in [3.63, 3.8) is 0 Å². The molecule has 0 amide bonds. The molecule has 0 N–H and O–H groups in total. The van der Waals surface area contributed by atoms with E-state index < -0.39 is 10.0 Å². The van der Waals surface area contributed by atoms with Crippen LogP contribution < -0.4 is 0 Å². The topological polar surface area (TPSA) is 61.2 Å². The largest absolute Gasteiger partial charge is 0.215 e. The van der Waals surface area contributed by atoms with Gasteiger partial charge in [-0.1, -0.05) is 43.2 Å². The van der Waals surface area contributed by atoms with E-state index in [0.717, 1.165) is 31.2 Å². The summed E-state index contributed by atoms with van der Waals surface area (Å²) in [6, 6.07) is 11.6. The molecule has 1 aromatic carbocycles. The van der Waals surface area contributed by atoms with Gasteiger partial charge in [0, 0.05) is 6.04 Å². The maximum atomic E-state index is 12.5. The molecule has 1 aliphatic carbocycles. The lowest BCUT2D eigenvalue weighted by atomic mass is 10.2. The van der Waals surface area contributed by atoms with Crippen LogP contribution in [0.15, 0.2) is 30.3 Å². The molecule has 1 saturated carbocycles. The molecule has 2 rings (SSSR count). The van der Waals surface area contributed by atoms with Crippen LogP contribution in [0.25, 0.3) is 0 Å². The minimum Gasteiger partial charge on any atom is -0.212 e. The van der Waals surface area contributed by atoms with Crippen LogP contribution in [0.5, 0.6) is 0 Å². The lowest BCUT2D eigenvalue weighted by molar-refractivity contribution is 0.350. The third kappa shape index (κ3) is 3.81. The van der Waals surface area contributed by atoms with E-state index in [1.807, 2.05) is 36.4 Å². The van der Waals surface area contributed by atoms with Gasteiger partial charge in [-0.05, 0) is 24.8 Å². The summed E-state index contributed by atoms with van der Waals surface area (Å²) in [4.78, 5) is 0. The molecule has 4 nitrogen and oxygen atoms in total. The molecule has 1 aromatic rings. The molecule has 0 saturated heterocycles. The number of sulfonamides is 1. The number of benzene rings is 1. The second-order valence-corrected chi connectivity index (χ2v) is 7.23. The molecule has 0 spiro atoms. The van der Waals surface area contributed by atoms with Crippen molar-refractivity contribution in [3.8, 4) is 6.07 Å². The van der Waals surface area contributed by atoms with Crippen molar-refractivity contribution in [2.24, 2.45) is 0 Å². The quantitative estimate of drug-likeness (QED) is 0.756. The first-order valence-electron chi connectivity index (χ1n) is 7.04. The molecule has 1 aliphatic rings. The predicted octanol–water partition coefficient (Wildman–Crippen LogP) is 2.33. The monoisotopic (exact) mass is 292 g/mol. The molecular weight excluding hydrogens is 272 g/mol. The fourth-order valence-corrected chi connectivity index (χ4v) is 4.37. The summed E-state index contributed by atoms with van der Waals surface area (Å²) in [7, 11) is -3.36. The molecule has 0 aromatic heterocycles. The van der Waals surface area contributed by atoms with Gasteiger partial charge in [-0.3, -0.25) is 0 Å². The lowest BCUT2D eigenvalue weighted by Crippen LogP contribution is -2.40. The van der Waals surface area contributed by atoms with Gasteiger partial charge in [-0.2, -0.15) is 9.57 Å². The standard InChI is InChI=1S/C15H20N2O2S/c16-11-12-17(15-8-4-5-9-15)20(18,19)13-10-14-6-2-1-3-7-14/h1-3,6-7,15H,4-5,8-10,12-13H2. The maximum Gasteiger partial charge on any atom is 0.215 e. The first kappa shape index (κ1) is 15.0. The van der Waals surface area contributed by atoms with Gasteiger partial charge < -0.3 is 0 Å². The Bertz CT molecular complexity index is 557. The Hall–Kier alpha value is -1.38. The Morgan fingerprint density at radius 3 is 2.45 bits per heavy atom. The molecule has 0 atom stereocenters. The van der Waals surface area contributed by atoms with Crippen LogP contribution in [-0.4, -0.2) is 31.1 Å². The number of hydrogen-bond donors (Lipinski definition) is 0. The molecule has 0 unspecified atom stereocenters. The van der Waals surface area contributed by atoms with Crippen LogP contribution in [0.3, 0.4) is 0 Å². The second kappa shape index (κ2) is 6.87. The SMILES string of the molecule is N#CCN(C1CCCC1)S(=O)(=O)CCc1ccccc1. The fourth-order valence-electron chi connectivity index (χ4n) is 2.73. The smallest absolute Gasteiger partial charge is 0.212 e. The van der Waals surface area contributed by atoms with Crippen molar-refractivity contribution in [1.29, 1.82) is 5.26 Å². The summed E-state index contributed by atoms with van der Waals surface area (Å²) in [5, 5.41) is 8.89. The van der Waals surface area contributed by atoms with Crippen LogP contribution in [0.4, 0.5) is 0 Å². The Balaban J connectivity index is 2.04. The van der Waals surface area contributed by atoms with E-state index in [4.69, 9.17) is 5.26 Å². The van der Waals surface area contributed by atoms with E-state index in [0.29, 0.717) is 6.42 Å². The maximum absolute atomic E-state index is 12.5. The number of rotatable bonds is 6. The lowest BCUT2D eigenvalue weighted by Gasteiger charge is -2.25. The third-order valence-corrected chi connectivity index (χ3v) is 5.67. The number of nitrogens with zero attached hydrogens (tertiary/aromatic N) is 2. The van der Waals surface area contributed by atoms with Gasteiger partial charge in [0.25, 0.3) is 0 Å². The van der Waals surface area contributed by atoms with E-state index in [-0.39, 0.29) is 18.3 Å². The predicted molar refractivity (Wildman–Crippen MR) is 78.5 cm³/mol. The van der Waals surface area contributed by atoms with Gasteiger partial charge in [0.05, 0.1) is 11.8 Å². The third-order valence-electron chi connectivity index (χ3n) is 3.81. The van der Waals surface area contributed by atoms with E-state index in [9.17, 15) is 8.42 Å². The average molecular weight is 292 g/mol. The van der Waals surface area contributed by atoms with E-state index in [2.05, 4.69) is 0 Å². The molecule has 1 fully saturated rings. The molecule has 5 heteroatoms. The average Bonchev–Trinajstić information content (AvgIpc) is 2.97. The van der Waals surface area contributed by atoms with E-state index >= 15 is 0 Å². The van der Waals surface area contributed by atoms with Crippen molar-refractivity contribution in [2.45, 2.75) is 38.1 Å². The van der Waals surface area contributed by atoms with Crippen molar-refractivity contribution < 1.29 is 8.42 Å². The van der Waals surface area contributed by atoms with Gasteiger partial charge in [0.1, 0.15) is 6.54 Å². The van der Waals surface area contributed by atoms with Gasteiger partial charge in [0.2, 0.25) is 10.0 Å². The Morgan fingerprint density at radius 2 is 1.85 bits per heavy atom. The molecular formula is C15H20N2O2S. The molecule has 108 valence electrons. The van der Waals surface area contributed by atoms with E-state index in [1.54, 1.807) is 0 Å². The van der Waals surface area contributed by atoms with Gasteiger partial charge >= 0.3 is 0 Å². The zero-order valence-electron chi connectivity index (χ0n) is 11.5. The van der Waals surface area contributed by atoms with Crippen LogP contribution in [-0.2, 0) is 16.4 Å².